The van der Waals surface area contributed by atoms with Crippen LogP contribution < -0.4 is 9.97 Å². The van der Waals surface area contributed by atoms with E-state index in [1.807, 2.05) is 72.8 Å². The maximum Gasteiger partial charge on any atom is 2.00 e. The van der Waals surface area contributed by atoms with E-state index >= 15 is 0 Å². The van der Waals surface area contributed by atoms with Crippen LogP contribution in [0.25, 0.3) is 111 Å². The van der Waals surface area contributed by atoms with Gasteiger partial charge in [0, 0.05) is 44.8 Å². The molecule has 3 aromatic heterocycles. The maximum atomic E-state index is 5.16. The van der Waals surface area contributed by atoms with Crippen molar-refractivity contribution in [3.05, 3.63) is 121 Å². The molecule has 0 atom stereocenters. The van der Waals surface area contributed by atoms with E-state index in [1.54, 1.807) is 0 Å². The van der Waals surface area contributed by atoms with E-state index in [4.69, 9.17) is 39.9 Å². The van der Waals surface area contributed by atoms with Crippen molar-refractivity contribution in [2.75, 3.05) is 0 Å². The molecular formula is C40H20N8Zn. The van der Waals surface area contributed by atoms with Crippen molar-refractivity contribution in [1.29, 1.82) is 0 Å². The molecule has 49 heavy (non-hydrogen) atoms. The zero-order chi connectivity index (χ0) is 31.3. The van der Waals surface area contributed by atoms with Gasteiger partial charge in [0.05, 0.1) is 23.3 Å². The topological polar surface area (TPSA) is 106 Å². The Kier molecular flexibility index (Phi) is 5.93. The minimum Gasteiger partial charge on any atom is -0.357 e. The molecule has 2 aliphatic rings. The van der Waals surface area contributed by atoms with Gasteiger partial charge in [-0.1, -0.05) is 97.1 Å². The van der Waals surface area contributed by atoms with Gasteiger partial charge in [0.2, 0.25) is 0 Å². The Labute approximate surface area is 290 Å². The van der Waals surface area contributed by atoms with Crippen LogP contribution >= 0.6 is 0 Å². The molecule has 9 aromatic rings. The predicted molar refractivity (Wildman–Crippen MR) is 189 cm³/mol. The van der Waals surface area contributed by atoms with E-state index < -0.39 is 0 Å². The molecule has 2 aliphatic heterocycles. The Morgan fingerprint density at radius 2 is 0.633 bits per heavy atom. The summed E-state index contributed by atoms with van der Waals surface area (Å²) in [5.74, 6) is 2.17. The molecule has 0 fully saturated rings. The summed E-state index contributed by atoms with van der Waals surface area (Å²) in [5.41, 5.74) is 5.73. The Balaban J connectivity index is 0.00000306. The van der Waals surface area contributed by atoms with Crippen LogP contribution in [0.4, 0.5) is 0 Å². The summed E-state index contributed by atoms with van der Waals surface area (Å²) in [6.07, 6.45) is 0. The van der Waals surface area contributed by atoms with E-state index in [0.717, 1.165) is 65.3 Å². The van der Waals surface area contributed by atoms with Gasteiger partial charge >= 0.3 is 19.5 Å². The molecule has 11 rings (SSSR count). The van der Waals surface area contributed by atoms with Gasteiger partial charge in [0.15, 0.2) is 0 Å². The predicted octanol–water partition coefficient (Wildman–Crippen LogP) is 8.43. The molecule has 8 bridgehead atoms. The second-order valence-corrected chi connectivity index (χ2v) is 12.1. The largest absolute Gasteiger partial charge is 2.00 e. The molecule has 0 unspecified atom stereocenters. The van der Waals surface area contributed by atoms with E-state index in [2.05, 4.69) is 48.5 Å². The van der Waals surface area contributed by atoms with E-state index in [-0.39, 0.29) is 19.5 Å². The second-order valence-electron chi connectivity index (χ2n) is 12.1. The number of hydrogen-bond donors (Lipinski definition) is 0. The zero-order valence-electron chi connectivity index (χ0n) is 25.8. The van der Waals surface area contributed by atoms with Crippen molar-refractivity contribution in [2.24, 2.45) is 0 Å². The SMILES string of the molecule is [Zn+2].c1ccc2c(c1)-c1nc-2nc2[n-]c(nc3nc(nc4[n-]c(n1)c1ccccc41)-c1cc4ccccc4cc1-3)c1cc3ccccc3cc21. The van der Waals surface area contributed by atoms with Crippen LogP contribution in [-0.4, -0.2) is 29.9 Å². The second kappa shape index (κ2) is 10.4. The third-order valence-electron chi connectivity index (χ3n) is 9.25. The van der Waals surface area contributed by atoms with Crippen LogP contribution in [0.15, 0.2) is 121 Å². The molecule has 9 heteroatoms. The van der Waals surface area contributed by atoms with Gasteiger partial charge in [0.1, 0.15) is 0 Å². The number of benzene rings is 6. The average molecular weight is 678 g/mol. The zero-order valence-corrected chi connectivity index (χ0v) is 28.8. The smallest absolute Gasteiger partial charge is 0.357 e. The minimum atomic E-state index is 0. The number of fused-ring (bicyclic) bond motifs is 22. The van der Waals surface area contributed by atoms with Crippen LogP contribution in [0.5, 0.6) is 0 Å². The Hall–Kier alpha value is -6.18. The summed E-state index contributed by atoms with van der Waals surface area (Å²) < 4.78 is 0. The molecule has 0 spiro atoms. The molecule has 0 radical (unpaired) electrons. The Bertz CT molecular complexity index is 3030. The summed E-state index contributed by atoms with van der Waals surface area (Å²) >= 11 is 0. The minimum absolute atomic E-state index is 0. The van der Waals surface area contributed by atoms with Crippen molar-refractivity contribution < 1.29 is 19.5 Å². The van der Waals surface area contributed by atoms with Crippen molar-refractivity contribution in [3.63, 3.8) is 0 Å². The number of hydrogen-bond acceptors (Lipinski definition) is 6. The fraction of sp³-hybridized carbons (Fsp3) is 0. The van der Waals surface area contributed by atoms with E-state index in [9.17, 15) is 0 Å². The molecular weight excluding hydrogens is 658 g/mol. The fourth-order valence-electron chi connectivity index (χ4n) is 6.93. The van der Waals surface area contributed by atoms with E-state index in [1.165, 1.54) is 0 Å². The van der Waals surface area contributed by atoms with Crippen molar-refractivity contribution in [1.82, 2.24) is 39.9 Å². The van der Waals surface area contributed by atoms with Crippen molar-refractivity contribution in [3.8, 4) is 45.6 Å². The fourth-order valence-corrected chi connectivity index (χ4v) is 6.93. The summed E-state index contributed by atoms with van der Waals surface area (Å²) in [5, 5.41) is 7.93. The maximum absolute atomic E-state index is 5.16. The molecule has 0 aliphatic carbocycles. The Morgan fingerprint density at radius 3 is 1.06 bits per heavy atom. The number of aromatic nitrogens is 8. The monoisotopic (exact) mass is 676 g/mol. The van der Waals surface area contributed by atoms with Crippen LogP contribution in [-0.2, 0) is 19.5 Å². The van der Waals surface area contributed by atoms with Crippen molar-refractivity contribution >= 4 is 65.7 Å². The third-order valence-corrected chi connectivity index (χ3v) is 9.25. The van der Waals surface area contributed by atoms with Gasteiger partial charge in [-0.3, -0.25) is 0 Å². The first-order valence-electron chi connectivity index (χ1n) is 15.7. The van der Waals surface area contributed by atoms with E-state index in [0.29, 0.717) is 45.9 Å². The number of nitrogens with zero attached hydrogens (tertiary/aromatic N) is 8. The number of rotatable bonds is 0. The molecule has 0 saturated carbocycles. The van der Waals surface area contributed by atoms with Gasteiger partial charge in [-0.15, -0.1) is 0 Å². The normalized spacial score (nSPS) is 11.9. The summed E-state index contributed by atoms with van der Waals surface area (Å²) in [6.45, 7) is 0. The third kappa shape index (κ3) is 4.19. The molecule has 0 N–H and O–H groups in total. The van der Waals surface area contributed by atoms with Crippen LogP contribution in [0, 0.1) is 0 Å². The first-order chi connectivity index (χ1) is 23.7. The molecule has 6 aromatic carbocycles. The van der Waals surface area contributed by atoms with Crippen LogP contribution in [0.2, 0.25) is 0 Å². The van der Waals surface area contributed by atoms with Gasteiger partial charge in [0.25, 0.3) is 0 Å². The standard InChI is InChI=1S/C40H20N8.Zn/c1-3-11-23-19-31-29(17-21(23)9-1)37-44-35-27-15-7-5-13-25(27)33(42-35)41-34-26-14-6-8-16-28(26)36(43-34)45-38-30-18-22-10-2-4-12-24(22)20-32(30)40(47-38)48-39(31)46-37;/h1-20H;/q-2;+2. The quantitative estimate of drug-likeness (QED) is 0.147. The summed E-state index contributed by atoms with van der Waals surface area (Å²) in [7, 11) is 0. The molecule has 8 nitrogen and oxygen atoms in total. The first-order valence-corrected chi connectivity index (χ1v) is 15.7. The summed E-state index contributed by atoms with van der Waals surface area (Å²) in [4.78, 5) is 40.4. The first kappa shape index (κ1) is 27.9. The average Bonchev–Trinajstić information content (AvgIpc) is 3.85. The van der Waals surface area contributed by atoms with Gasteiger partial charge in [-0.05, 0) is 67.4 Å². The molecule has 222 valence electrons. The molecule has 0 saturated heterocycles. The van der Waals surface area contributed by atoms with Gasteiger partial charge < -0.3 is 29.9 Å². The summed E-state index contributed by atoms with van der Waals surface area (Å²) in [6, 6.07) is 41.1. The van der Waals surface area contributed by atoms with Gasteiger partial charge in [-0.25, -0.2) is 9.97 Å². The molecule has 5 heterocycles. The molecule has 0 amide bonds. The van der Waals surface area contributed by atoms with Gasteiger partial charge in [-0.2, -0.15) is 0 Å². The van der Waals surface area contributed by atoms with Crippen molar-refractivity contribution in [2.45, 2.75) is 0 Å². The Morgan fingerprint density at radius 1 is 0.306 bits per heavy atom. The van der Waals surface area contributed by atoms with Crippen LogP contribution in [0.1, 0.15) is 0 Å². The van der Waals surface area contributed by atoms with Crippen LogP contribution in [0.3, 0.4) is 0 Å².